The number of H-pyrrole nitrogens is 1. The second-order valence-corrected chi connectivity index (χ2v) is 9.61. The lowest BCUT2D eigenvalue weighted by atomic mass is 10.4. The zero-order chi connectivity index (χ0) is 21.9. The van der Waals surface area contributed by atoms with Gasteiger partial charge < -0.3 is 24.3 Å². The van der Waals surface area contributed by atoms with Gasteiger partial charge in [-0.3, -0.25) is 4.79 Å². The third kappa shape index (κ3) is 4.57. The molecule has 12 heteroatoms. The number of fused-ring (bicyclic) bond motifs is 2. The van der Waals surface area contributed by atoms with Gasteiger partial charge in [-0.2, -0.15) is 0 Å². The van der Waals surface area contributed by atoms with Crippen molar-refractivity contribution in [1.82, 2.24) is 19.9 Å². The molecule has 9 nitrogen and oxygen atoms in total. The summed E-state index contributed by atoms with van der Waals surface area (Å²) < 4.78 is 12.3. The molecular weight excluding hydrogens is 472 g/mol. The minimum absolute atomic E-state index is 0.0606. The van der Waals surface area contributed by atoms with Crippen molar-refractivity contribution in [3.05, 3.63) is 40.3 Å². The lowest BCUT2D eigenvalue weighted by Crippen LogP contribution is -2.35. The van der Waals surface area contributed by atoms with Crippen LogP contribution in [0.5, 0.6) is 0 Å². The maximum atomic E-state index is 11.5. The van der Waals surface area contributed by atoms with E-state index in [9.17, 15) is 4.79 Å². The molecule has 32 heavy (non-hydrogen) atoms. The summed E-state index contributed by atoms with van der Waals surface area (Å²) in [5, 5.41) is 2.83. The zero-order valence-electron chi connectivity index (χ0n) is 17.1. The molecule has 4 aromatic rings. The first kappa shape index (κ1) is 21.5. The topological polar surface area (TPSA) is 96.5 Å². The molecular formula is C20H21ClN6O3S2. The number of ether oxygens (including phenoxy) is 2. The number of morpholine rings is 2. The van der Waals surface area contributed by atoms with Crippen molar-refractivity contribution >= 4 is 64.7 Å². The Morgan fingerprint density at radius 1 is 0.844 bits per heavy atom. The van der Waals surface area contributed by atoms with Crippen LogP contribution in [0, 0.1) is 0 Å². The first-order chi connectivity index (χ1) is 15.7. The van der Waals surface area contributed by atoms with E-state index in [1.165, 1.54) is 29.0 Å². The number of aromatic nitrogens is 4. The van der Waals surface area contributed by atoms with Gasteiger partial charge in [0.05, 0.1) is 58.5 Å². The molecule has 2 aliphatic rings. The van der Waals surface area contributed by atoms with Crippen molar-refractivity contribution < 1.29 is 9.47 Å². The minimum Gasteiger partial charge on any atom is -0.378 e. The van der Waals surface area contributed by atoms with E-state index in [4.69, 9.17) is 21.1 Å². The Bertz CT molecular complexity index is 1260. The monoisotopic (exact) mass is 492 g/mol. The van der Waals surface area contributed by atoms with Crippen LogP contribution in [-0.2, 0) is 9.47 Å². The number of anilines is 2. The second-order valence-electron chi connectivity index (χ2n) is 7.19. The number of nitrogens with one attached hydrogen (secondary N) is 1. The fraction of sp³-hybridized carbons (Fsp3) is 0.400. The summed E-state index contributed by atoms with van der Waals surface area (Å²) in [7, 11) is 0. The lowest BCUT2D eigenvalue weighted by molar-refractivity contribution is 0.123. The smallest absolute Gasteiger partial charge is 0.268 e. The van der Waals surface area contributed by atoms with E-state index in [0.717, 1.165) is 73.3 Å². The fourth-order valence-corrected chi connectivity index (χ4v) is 5.91. The maximum Gasteiger partial charge on any atom is 0.268 e. The highest BCUT2D eigenvalue weighted by molar-refractivity contribution is 7.23. The Morgan fingerprint density at radius 3 is 1.97 bits per heavy atom. The summed E-state index contributed by atoms with van der Waals surface area (Å²) in [6.45, 7) is 6.68. The van der Waals surface area contributed by atoms with Crippen LogP contribution in [0.25, 0.3) is 20.4 Å². The predicted molar refractivity (Wildman–Crippen MR) is 129 cm³/mol. The van der Waals surface area contributed by atoms with Crippen LogP contribution in [-0.4, -0.2) is 72.5 Å². The van der Waals surface area contributed by atoms with Gasteiger partial charge in [-0.1, -0.05) is 11.6 Å². The van der Waals surface area contributed by atoms with E-state index in [1.54, 1.807) is 11.3 Å². The molecule has 2 fully saturated rings. The molecule has 2 saturated heterocycles. The number of thiophene rings is 2. The molecule has 0 atom stereocenters. The van der Waals surface area contributed by atoms with Crippen molar-refractivity contribution in [2.45, 2.75) is 0 Å². The molecule has 6 rings (SSSR count). The minimum atomic E-state index is -0.0606. The molecule has 0 amide bonds. The largest absolute Gasteiger partial charge is 0.378 e. The van der Waals surface area contributed by atoms with Crippen molar-refractivity contribution in [3.8, 4) is 0 Å². The van der Waals surface area contributed by atoms with Gasteiger partial charge in [0.25, 0.3) is 5.56 Å². The Balaban J connectivity index is 0.000000135. The summed E-state index contributed by atoms with van der Waals surface area (Å²) >= 11 is 9.16. The quantitative estimate of drug-likeness (QED) is 0.426. The number of hydrogen-bond donors (Lipinski definition) is 1. The molecule has 0 aromatic carbocycles. The summed E-state index contributed by atoms with van der Waals surface area (Å²) in [6.07, 6.45) is 2.95. The molecule has 1 N–H and O–H groups in total. The number of rotatable bonds is 2. The van der Waals surface area contributed by atoms with E-state index in [0.29, 0.717) is 9.85 Å². The standard InChI is InChI=1S/C10H10ClN3OS.C10H11N3O2S/c11-10-9-7(12-6-13-10)5-8(16-9)14-1-3-15-4-2-14;14-10-9-7(11-6-12-10)5-8(16-9)13-1-3-15-4-2-13/h5-6H,1-4H2;5-6H,1-4H2,(H,11,12,14). The SMILES string of the molecule is Clc1ncnc2cc(N3CCOCC3)sc12.O=c1[nH]cnc2cc(N3CCOCC3)sc12. The molecule has 0 radical (unpaired) electrons. The van der Waals surface area contributed by atoms with E-state index in [-0.39, 0.29) is 5.56 Å². The van der Waals surface area contributed by atoms with Gasteiger partial charge in [0.15, 0.2) is 0 Å². The van der Waals surface area contributed by atoms with Crippen molar-refractivity contribution in [3.63, 3.8) is 0 Å². The molecule has 2 aliphatic heterocycles. The molecule has 0 aliphatic carbocycles. The fourth-order valence-electron chi connectivity index (χ4n) is 3.55. The van der Waals surface area contributed by atoms with Crippen LogP contribution in [0.15, 0.2) is 29.6 Å². The molecule has 0 unspecified atom stereocenters. The Hall–Kier alpha value is -2.31. The summed E-state index contributed by atoms with van der Waals surface area (Å²) in [4.78, 5) is 31.0. The maximum absolute atomic E-state index is 11.5. The van der Waals surface area contributed by atoms with Crippen LogP contribution in [0.3, 0.4) is 0 Å². The van der Waals surface area contributed by atoms with Crippen LogP contribution < -0.4 is 15.4 Å². The Morgan fingerprint density at radius 2 is 1.41 bits per heavy atom. The van der Waals surface area contributed by atoms with Crippen LogP contribution in [0.2, 0.25) is 5.15 Å². The van der Waals surface area contributed by atoms with Gasteiger partial charge in [0, 0.05) is 26.2 Å². The Kier molecular flexibility index (Phi) is 6.51. The second kappa shape index (κ2) is 9.67. The van der Waals surface area contributed by atoms with E-state index < -0.39 is 0 Å². The highest BCUT2D eigenvalue weighted by atomic mass is 35.5. The van der Waals surface area contributed by atoms with Crippen LogP contribution >= 0.6 is 34.3 Å². The van der Waals surface area contributed by atoms with Gasteiger partial charge in [-0.15, -0.1) is 22.7 Å². The van der Waals surface area contributed by atoms with Crippen molar-refractivity contribution in [2.75, 3.05) is 62.4 Å². The molecule has 0 spiro atoms. The van der Waals surface area contributed by atoms with Gasteiger partial charge in [0.2, 0.25) is 0 Å². The molecule has 0 saturated carbocycles. The molecule has 168 valence electrons. The van der Waals surface area contributed by atoms with Crippen molar-refractivity contribution in [2.24, 2.45) is 0 Å². The van der Waals surface area contributed by atoms with Crippen LogP contribution in [0.4, 0.5) is 10.0 Å². The van der Waals surface area contributed by atoms with Gasteiger partial charge >= 0.3 is 0 Å². The first-order valence-corrected chi connectivity index (χ1v) is 12.2. The number of halogens is 1. The van der Waals surface area contributed by atoms with E-state index in [2.05, 4.69) is 35.8 Å². The first-order valence-electron chi connectivity index (χ1n) is 10.2. The third-order valence-corrected chi connectivity index (χ3v) is 7.98. The van der Waals surface area contributed by atoms with Gasteiger partial charge in [-0.25, -0.2) is 15.0 Å². The zero-order valence-corrected chi connectivity index (χ0v) is 19.5. The number of aromatic amines is 1. The van der Waals surface area contributed by atoms with Crippen LogP contribution in [0.1, 0.15) is 0 Å². The summed E-state index contributed by atoms with van der Waals surface area (Å²) in [6, 6.07) is 4.04. The van der Waals surface area contributed by atoms with Gasteiger partial charge in [-0.05, 0) is 12.1 Å². The number of nitrogens with zero attached hydrogens (tertiary/aromatic N) is 5. The number of hydrogen-bond acceptors (Lipinski definition) is 10. The highest BCUT2D eigenvalue weighted by Crippen LogP contribution is 2.34. The molecule has 4 aromatic heterocycles. The molecule has 0 bridgehead atoms. The average Bonchev–Trinajstić information content (AvgIpc) is 3.47. The lowest BCUT2D eigenvalue weighted by Gasteiger charge is -2.27. The van der Waals surface area contributed by atoms with E-state index >= 15 is 0 Å². The van der Waals surface area contributed by atoms with Crippen molar-refractivity contribution in [1.29, 1.82) is 0 Å². The predicted octanol–water partition coefficient (Wildman–Crippen LogP) is 3.00. The normalized spacial score (nSPS) is 16.9. The average molecular weight is 493 g/mol. The highest BCUT2D eigenvalue weighted by Gasteiger charge is 2.16. The van der Waals surface area contributed by atoms with Gasteiger partial charge in [0.1, 0.15) is 16.2 Å². The van der Waals surface area contributed by atoms with E-state index in [1.807, 2.05) is 6.07 Å². The summed E-state index contributed by atoms with van der Waals surface area (Å²) in [5.41, 5.74) is 1.64. The Labute approximate surface area is 196 Å². The summed E-state index contributed by atoms with van der Waals surface area (Å²) in [5.74, 6) is 0. The third-order valence-electron chi connectivity index (χ3n) is 5.21. The molecule has 6 heterocycles.